The lowest BCUT2D eigenvalue weighted by Gasteiger charge is -2.11. The second-order valence-corrected chi connectivity index (χ2v) is 5.69. The van der Waals surface area contributed by atoms with Crippen molar-refractivity contribution in [3.63, 3.8) is 0 Å². The highest BCUT2D eigenvalue weighted by Crippen LogP contribution is 2.28. The molecule has 0 aliphatic rings. The van der Waals surface area contributed by atoms with Gasteiger partial charge in [0.25, 0.3) is 0 Å². The van der Waals surface area contributed by atoms with Crippen LogP contribution < -0.4 is 5.73 Å². The topological polar surface area (TPSA) is 70.1 Å². The molecule has 1 aromatic heterocycles. The summed E-state index contributed by atoms with van der Waals surface area (Å²) in [5.74, 6) is 0.334. The maximum absolute atomic E-state index is 11.7. The summed E-state index contributed by atoms with van der Waals surface area (Å²) < 4.78 is 7.39. The number of aryl methyl sites for hydroxylation is 1. The van der Waals surface area contributed by atoms with Gasteiger partial charge >= 0.3 is 5.97 Å². The molecule has 2 N–H and O–H groups in total. The van der Waals surface area contributed by atoms with Crippen molar-refractivity contribution in [1.82, 2.24) is 9.55 Å². The predicted octanol–water partition coefficient (Wildman–Crippen LogP) is 3.06. The molecule has 0 saturated heterocycles. The van der Waals surface area contributed by atoms with Crippen LogP contribution in [0.3, 0.4) is 0 Å². The first-order valence-electron chi connectivity index (χ1n) is 5.90. The van der Waals surface area contributed by atoms with Crippen molar-refractivity contribution in [3.05, 3.63) is 38.3 Å². The molecule has 0 spiro atoms. The molecule has 0 radical (unpaired) electrons. The Balaban J connectivity index is 2.67. The molecule has 1 aromatic carbocycles. The lowest BCUT2D eigenvalue weighted by molar-refractivity contribution is 0.0596. The van der Waals surface area contributed by atoms with Crippen LogP contribution in [0.25, 0.3) is 5.69 Å². The van der Waals surface area contributed by atoms with E-state index in [0.717, 1.165) is 3.57 Å². The molecule has 106 valence electrons. The molecule has 0 bridgehead atoms. The number of imidazole rings is 1. The summed E-state index contributed by atoms with van der Waals surface area (Å²) in [6.45, 7) is 1.93. The number of rotatable bonds is 3. The smallest absolute Gasteiger partial charge is 0.360 e. The van der Waals surface area contributed by atoms with Gasteiger partial charge in [0.2, 0.25) is 0 Å². The highest BCUT2D eigenvalue weighted by atomic mass is 127. The number of ether oxygens (including phenoxy) is 1. The van der Waals surface area contributed by atoms with Crippen LogP contribution >= 0.6 is 34.2 Å². The summed E-state index contributed by atoms with van der Waals surface area (Å²) in [5, 5.41) is 0.548. The van der Waals surface area contributed by atoms with E-state index in [2.05, 4.69) is 32.3 Å². The highest BCUT2D eigenvalue weighted by molar-refractivity contribution is 14.1. The molecule has 0 aliphatic carbocycles. The van der Waals surface area contributed by atoms with Gasteiger partial charge in [0.15, 0.2) is 5.69 Å². The van der Waals surface area contributed by atoms with Crippen LogP contribution in [0, 0.1) is 3.57 Å². The van der Waals surface area contributed by atoms with E-state index in [-0.39, 0.29) is 11.5 Å². The molecular formula is C13H13ClIN3O2. The van der Waals surface area contributed by atoms with Crippen molar-refractivity contribution >= 4 is 46.0 Å². The number of hydrogen-bond donors (Lipinski definition) is 1. The number of esters is 1. The van der Waals surface area contributed by atoms with E-state index in [9.17, 15) is 4.79 Å². The third kappa shape index (κ3) is 2.62. The number of anilines is 1. The Bertz CT molecular complexity index is 670. The van der Waals surface area contributed by atoms with Gasteiger partial charge < -0.3 is 10.5 Å². The molecule has 0 atom stereocenters. The van der Waals surface area contributed by atoms with Crippen LogP contribution in [0.2, 0.25) is 5.02 Å². The van der Waals surface area contributed by atoms with Crippen molar-refractivity contribution in [3.8, 4) is 5.69 Å². The van der Waals surface area contributed by atoms with Crippen molar-refractivity contribution in [2.75, 3.05) is 12.8 Å². The molecule has 1 heterocycles. The number of aromatic nitrogens is 2. The molecule has 0 amide bonds. The summed E-state index contributed by atoms with van der Waals surface area (Å²) >= 11 is 8.44. The fraction of sp³-hybridized carbons (Fsp3) is 0.231. The molecule has 0 aliphatic heterocycles. The molecule has 2 aromatic rings. The molecule has 0 fully saturated rings. The van der Waals surface area contributed by atoms with E-state index < -0.39 is 5.97 Å². The van der Waals surface area contributed by atoms with Crippen molar-refractivity contribution in [2.45, 2.75) is 13.3 Å². The average Bonchev–Trinajstić information content (AvgIpc) is 2.75. The van der Waals surface area contributed by atoms with Gasteiger partial charge in [-0.3, -0.25) is 4.57 Å². The maximum Gasteiger partial charge on any atom is 0.360 e. The minimum absolute atomic E-state index is 0.110. The molecule has 20 heavy (non-hydrogen) atoms. The van der Waals surface area contributed by atoms with Crippen LogP contribution in [0.1, 0.15) is 23.2 Å². The maximum atomic E-state index is 11.7. The Morgan fingerprint density at radius 2 is 2.25 bits per heavy atom. The molecular weight excluding hydrogens is 393 g/mol. The lowest BCUT2D eigenvalue weighted by atomic mass is 10.3. The number of halogens is 2. The first-order valence-corrected chi connectivity index (χ1v) is 7.36. The third-order valence-corrected chi connectivity index (χ3v) is 3.80. The summed E-state index contributed by atoms with van der Waals surface area (Å²) in [4.78, 5) is 15.9. The van der Waals surface area contributed by atoms with Crippen molar-refractivity contribution in [2.24, 2.45) is 0 Å². The number of nitrogen functional groups attached to an aromatic ring is 1. The van der Waals surface area contributed by atoms with E-state index in [1.807, 2.05) is 25.1 Å². The number of benzene rings is 1. The van der Waals surface area contributed by atoms with Gasteiger partial charge in [0, 0.05) is 9.99 Å². The molecule has 5 nitrogen and oxygen atoms in total. The largest absolute Gasteiger partial charge is 0.464 e. The molecule has 0 saturated carbocycles. The zero-order valence-electron chi connectivity index (χ0n) is 11.0. The highest BCUT2D eigenvalue weighted by Gasteiger charge is 2.22. The van der Waals surface area contributed by atoms with Gasteiger partial charge in [-0.2, -0.15) is 0 Å². The SMILES string of the molecule is CCc1nc(C(=O)OC)c(N)n1-c1ccc(I)cc1Cl. The van der Waals surface area contributed by atoms with Gasteiger partial charge in [-0.25, -0.2) is 9.78 Å². The molecule has 2 rings (SSSR count). The Hall–Kier alpha value is -1.28. The van der Waals surface area contributed by atoms with Crippen LogP contribution in [-0.2, 0) is 11.2 Å². The Kier molecular flexibility index (Phi) is 4.54. The van der Waals surface area contributed by atoms with Crippen LogP contribution in [0.5, 0.6) is 0 Å². The number of carbonyl (C=O) groups is 1. The second-order valence-electron chi connectivity index (χ2n) is 4.04. The zero-order chi connectivity index (χ0) is 14.9. The monoisotopic (exact) mass is 405 g/mol. The third-order valence-electron chi connectivity index (χ3n) is 2.83. The van der Waals surface area contributed by atoms with E-state index >= 15 is 0 Å². The standard InChI is InChI=1S/C13H13ClIN3O2/c1-3-10-17-11(13(19)20-2)12(16)18(10)9-5-4-7(15)6-8(9)14/h4-6H,3,16H2,1-2H3. The van der Waals surface area contributed by atoms with E-state index in [4.69, 9.17) is 17.3 Å². The fourth-order valence-corrected chi connectivity index (χ4v) is 2.84. The number of methoxy groups -OCH3 is 1. The first kappa shape index (κ1) is 15.1. The van der Waals surface area contributed by atoms with Crippen LogP contribution in [-0.4, -0.2) is 22.6 Å². The van der Waals surface area contributed by atoms with Crippen LogP contribution in [0.15, 0.2) is 18.2 Å². The van der Waals surface area contributed by atoms with Gasteiger partial charge in [-0.05, 0) is 40.8 Å². The summed E-state index contributed by atoms with van der Waals surface area (Å²) in [6.07, 6.45) is 0.615. The normalized spacial score (nSPS) is 10.6. The average molecular weight is 406 g/mol. The van der Waals surface area contributed by atoms with Crippen LogP contribution in [0.4, 0.5) is 5.82 Å². The second kappa shape index (κ2) is 6.01. The zero-order valence-corrected chi connectivity index (χ0v) is 13.9. The minimum Gasteiger partial charge on any atom is -0.464 e. The quantitative estimate of drug-likeness (QED) is 0.629. The first-order chi connectivity index (χ1) is 9.49. The Labute approximate surface area is 135 Å². The predicted molar refractivity (Wildman–Crippen MR) is 86.4 cm³/mol. The number of hydrogen-bond acceptors (Lipinski definition) is 4. The van der Waals surface area contributed by atoms with Crippen molar-refractivity contribution < 1.29 is 9.53 Å². The molecule has 7 heteroatoms. The summed E-state index contributed by atoms with van der Waals surface area (Å²) in [7, 11) is 1.30. The van der Waals surface area contributed by atoms with E-state index in [0.29, 0.717) is 23.0 Å². The number of nitrogens with two attached hydrogens (primary N) is 1. The van der Waals surface area contributed by atoms with Gasteiger partial charge in [-0.1, -0.05) is 18.5 Å². The van der Waals surface area contributed by atoms with Gasteiger partial charge in [0.05, 0.1) is 17.8 Å². The van der Waals surface area contributed by atoms with E-state index in [1.54, 1.807) is 4.57 Å². The van der Waals surface area contributed by atoms with Gasteiger partial charge in [0.1, 0.15) is 11.6 Å². The number of carbonyl (C=O) groups excluding carboxylic acids is 1. The summed E-state index contributed by atoms with van der Waals surface area (Å²) in [6, 6.07) is 5.59. The van der Waals surface area contributed by atoms with E-state index in [1.165, 1.54) is 7.11 Å². The Morgan fingerprint density at radius 1 is 1.55 bits per heavy atom. The number of nitrogens with zero attached hydrogens (tertiary/aromatic N) is 2. The van der Waals surface area contributed by atoms with Gasteiger partial charge in [-0.15, -0.1) is 0 Å². The Morgan fingerprint density at radius 3 is 2.80 bits per heavy atom. The van der Waals surface area contributed by atoms with Crippen molar-refractivity contribution in [1.29, 1.82) is 0 Å². The molecule has 0 unspecified atom stereocenters. The lowest BCUT2D eigenvalue weighted by Crippen LogP contribution is -2.08. The summed E-state index contributed by atoms with van der Waals surface area (Å²) in [5.41, 5.74) is 6.84. The fourth-order valence-electron chi connectivity index (χ4n) is 1.90. The minimum atomic E-state index is -0.558.